The highest BCUT2D eigenvalue weighted by Gasteiger charge is 2.20. The summed E-state index contributed by atoms with van der Waals surface area (Å²) in [6, 6.07) is 3.84. The number of aromatic amines is 1. The van der Waals surface area contributed by atoms with Crippen molar-refractivity contribution in [2.75, 3.05) is 13.2 Å². The lowest BCUT2D eigenvalue weighted by molar-refractivity contribution is 0.171. The second kappa shape index (κ2) is 5.71. The molecule has 0 spiro atoms. The molecule has 2 aromatic rings. The Morgan fingerprint density at radius 3 is 2.70 bits per heavy atom. The molecule has 20 heavy (non-hydrogen) atoms. The van der Waals surface area contributed by atoms with Crippen molar-refractivity contribution in [3.63, 3.8) is 0 Å². The number of H-pyrrole nitrogens is 1. The van der Waals surface area contributed by atoms with Gasteiger partial charge in [0.15, 0.2) is 11.5 Å². The van der Waals surface area contributed by atoms with Crippen molar-refractivity contribution < 1.29 is 9.47 Å². The SMILES string of the molecule is CCC(Cc1cn[nH]n1)c1cc2c(cc1Cl)OCCO2. The van der Waals surface area contributed by atoms with E-state index in [4.69, 9.17) is 21.1 Å². The van der Waals surface area contributed by atoms with Crippen molar-refractivity contribution in [3.05, 3.63) is 34.6 Å². The van der Waals surface area contributed by atoms with Gasteiger partial charge in [0, 0.05) is 17.5 Å². The van der Waals surface area contributed by atoms with E-state index in [0.29, 0.717) is 18.2 Å². The van der Waals surface area contributed by atoms with Crippen LogP contribution in [0.5, 0.6) is 11.5 Å². The summed E-state index contributed by atoms with van der Waals surface area (Å²) >= 11 is 6.40. The Bertz CT molecular complexity index is 586. The summed E-state index contributed by atoms with van der Waals surface area (Å²) in [5.74, 6) is 1.78. The third-order valence-electron chi connectivity index (χ3n) is 3.51. The lowest BCUT2D eigenvalue weighted by atomic mass is 9.91. The molecule has 1 unspecified atom stereocenters. The standard InChI is InChI=1S/C14H16ClN3O2/c1-2-9(5-10-8-16-18-17-10)11-6-13-14(7-12(11)15)20-4-3-19-13/h6-9H,2-5H2,1H3,(H,16,17,18). The average molecular weight is 294 g/mol. The molecule has 0 bridgehead atoms. The molecule has 6 heteroatoms. The largest absolute Gasteiger partial charge is 0.486 e. The van der Waals surface area contributed by atoms with Gasteiger partial charge in [-0.1, -0.05) is 18.5 Å². The number of halogens is 1. The zero-order valence-corrected chi connectivity index (χ0v) is 12.0. The quantitative estimate of drug-likeness (QED) is 0.941. The zero-order valence-electron chi connectivity index (χ0n) is 11.2. The van der Waals surface area contributed by atoms with Gasteiger partial charge in [0.05, 0.1) is 11.9 Å². The summed E-state index contributed by atoms with van der Waals surface area (Å²) in [7, 11) is 0. The molecule has 2 heterocycles. The summed E-state index contributed by atoms with van der Waals surface area (Å²) in [5, 5.41) is 11.3. The minimum Gasteiger partial charge on any atom is -0.486 e. The maximum Gasteiger partial charge on any atom is 0.162 e. The Kier molecular flexibility index (Phi) is 3.78. The van der Waals surface area contributed by atoms with Gasteiger partial charge >= 0.3 is 0 Å². The highest BCUT2D eigenvalue weighted by Crippen LogP contribution is 2.39. The van der Waals surface area contributed by atoms with Crippen LogP contribution in [-0.4, -0.2) is 28.6 Å². The van der Waals surface area contributed by atoms with E-state index in [1.54, 1.807) is 6.20 Å². The van der Waals surface area contributed by atoms with Crippen molar-refractivity contribution in [2.45, 2.75) is 25.7 Å². The molecule has 1 aromatic carbocycles. The number of rotatable bonds is 4. The number of ether oxygens (including phenoxy) is 2. The topological polar surface area (TPSA) is 60.0 Å². The molecule has 3 rings (SSSR count). The molecule has 1 aliphatic heterocycles. The van der Waals surface area contributed by atoms with Crippen LogP contribution >= 0.6 is 11.6 Å². The van der Waals surface area contributed by atoms with Crippen molar-refractivity contribution in [1.82, 2.24) is 15.4 Å². The second-order valence-corrected chi connectivity index (χ2v) is 5.20. The number of aromatic nitrogens is 3. The fraction of sp³-hybridized carbons (Fsp3) is 0.429. The van der Waals surface area contributed by atoms with Crippen LogP contribution in [0.15, 0.2) is 18.3 Å². The maximum absolute atomic E-state index is 6.40. The fourth-order valence-electron chi connectivity index (χ4n) is 2.44. The van der Waals surface area contributed by atoms with Crippen LogP contribution in [0.1, 0.15) is 30.5 Å². The fourth-order valence-corrected chi connectivity index (χ4v) is 2.75. The van der Waals surface area contributed by atoms with E-state index in [-0.39, 0.29) is 5.92 Å². The minimum absolute atomic E-state index is 0.281. The van der Waals surface area contributed by atoms with Gasteiger partial charge < -0.3 is 9.47 Å². The van der Waals surface area contributed by atoms with Crippen LogP contribution in [0.25, 0.3) is 0 Å². The molecule has 0 fully saturated rings. The third-order valence-corrected chi connectivity index (χ3v) is 3.84. The van der Waals surface area contributed by atoms with Gasteiger partial charge in [0.25, 0.3) is 0 Å². The van der Waals surface area contributed by atoms with Crippen LogP contribution in [-0.2, 0) is 6.42 Å². The van der Waals surface area contributed by atoms with Gasteiger partial charge in [0.1, 0.15) is 13.2 Å². The number of hydrogen-bond acceptors (Lipinski definition) is 4. The third kappa shape index (κ3) is 2.58. The lowest BCUT2D eigenvalue weighted by Crippen LogP contribution is -2.16. The first kappa shape index (κ1) is 13.2. The number of fused-ring (bicyclic) bond motifs is 1. The maximum atomic E-state index is 6.40. The van der Waals surface area contributed by atoms with Crippen molar-refractivity contribution >= 4 is 11.6 Å². The first-order valence-electron chi connectivity index (χ1n) is 6.71. The predicted octanol–water partition coefficient (Wildman–Crippen LogP) is 2.97. The summed E-state index contributed by atoms with van der Waals surface area (Å²) in [5.41, 5.74) is 2.00. The first-order valence-corrected chi connectivity index (χ1v) is 7.09. The molecule has 0 saturated heterocycles. The van der Waals surface area contributed by atoms with Crippen LogP contribution < -0.4 is 9.47 Å². The molecular formula is C14H16ClN3O2. The molecule has 1 N–H and O–H groups in total. The predicted molar refractivity (Wildman–Crippen MR) is 75.6 cm³/mol. The molecule has 1 atom stereocenters. The van der Waals surface area contributed by atoms with E-state index in [1.165, 1.54) is 0 Å². The lowest BCUT2D eigenvalue weighted by Gasteiger charge is -2.22. The van der Waals surface area contributed by atoms with Crippen LogP contribution in [0.4, 0.5) is 0 Å². The Balaban J connectivity index is 1.90. The number of benzene rings is 1. The van der Waals surface area contributed by atoms with Gasteiger partial charge in [-0.05, 0) is 24.0 Å². The smallest absolute Gasteiger partial charge is 0.162 e. The van der Waals surface area contributed by atoms with Gasteiger partial charge in [-0.3, -0.25) is 0 Å². The second-order valence-electron chi connectivity index (χ2n) is 4.79. The highest BCUT2D eigenvalue weighted by atomic mass is 35.5. The molecule has 0 aliphatic carbocycles. The molecule has 5 nitrogen and oxygen atoms in total. The Morgan fingerprint density at radius 1 is 1.30 bits per heavy atom. The number of hydrogen-bond donors (Lipinski definition) is 1. The van der Waals surface area contributed by atoms with Gasteiger partial charge in [-0.2, -0.15) is 15.4 Å². The Morgan fingerprint density at radius 2 is 2.05 bits per heavy atom. The van der Waals surface area contributed by atoms with Gasteiger partial charge in [-0.15, -0.1) is 0 Å². The minimum atomic E-state index is 0.281. The number of nitrogens with one attached hydrogen (secondary N) is 1. The summed E-state index contributed by atoms with van der Waals surface area (Å²) in [6.45, 7) is 3.28. The Hall–Kier alpha value is -1.75. The molecule has 1 aromatic heterocycles. The van der Waals surface area contributed by atoms with E-state index in [1.807, 2.05) is 12.1 Å². The molecule has 0 radical (unpaired) electrons. The van der Waals surface area contributed by atoms with Crippen LogP contribution in [0, 0.1) is 0 Å². The van der Waals surface area contributed by atoms with Crippen LogP contribution in [0.2, 0.25) is 5.02 Å². The molecule has 0 amide bonds. The van der Waals surface area contributed by atoms with E-state index >= 15 is 0 Å². The molecular weight excluding hydrogens is 278 g/mol. The normalized spacial score (nSPS) is 15.1. The zero-order chi connectivity index (χ0) is 13.9. The molecule has 1 aliphatic rings. The van der Waals surface area contributed by atoms with Crippen molar-refractivity contribution in [2.24, 2.45) is 0 Å². The van der Waals surface area contributed by atoms with E-state index in [9.17, 15) is 0 Å². The first-order chi connectivity index (χ1) is 9.78. The monoisotopic (exact) mass is 293 g/mol. The van der Waals surface area contributed by atoms with E-state index in [2.05, 4.69) is 22.3 Å². The van der Waals surface area contributed by atoms with Crippen LogP contribution in [0.3, 0.4) is 0 Å². The van der Waals surface area contributed by atoms with E-state index in [0.717, 1.165) is 35.6 Å². The highest BCUT2D eigenvalue weighted by molar-refractivity contribution is 6.31. The summed E-state index contributed by atoms with van der Waals surface area (Å²) in [4.78, 5) is 0. The van der Waals surface area contributed by atoms with Gasteiger partial charge in [-0.25, -0.2) is 0 Å². The van der Waals surface area contributed by atoms with Crippen molar-refractivity contribution in [1.29, 1.82) is 0 Å². The average Bonchev–Trinajstić information content (AvgIpc) is 2.97. The summed E-state index contributed by atoms with van der Waals surface area (Å²) in [6.07, 6.45) is 3.51. The molecule has 106 valence electrons. The van der Waals surface area contributed by atoms with Crippen molar-refractivity contribution in [3.8, 4) is 11.5 Å². The Labute approximate surface area is 122 Å². The molecule has 0 saturated carbocycles. The number of nitrogens with zero attached hydrogens (tertiary/aromatic N) is 2. The summed E-state index contributed by atoms with van der Waals surface area (Å²) < 4.78 is 11.2. The van der Waals surface area contributed by atoms with Gasteiger partial charge in [0.2, 0.25) is 0 Å². The van der Waals surface area contributed by atoms with E-state index < -0.39 is 0 Å².